The Morgan fingerprint density at radius 3 is 3.00 bits per heavy atom. The second kappa shape index (κ2) is 5.75. The number of amides is 1. The molecule has 1 aromatic carbocycles. The fourth-order valence-electron chi connectivity index (χ4n) is 2.63. The van der Waals surface area contributed by atoms with E-state index >= 15 is 0 Å². The molecule has 4 rings (SSSR count). The van der Waals surface area contributed by atoms with Crippen LogP contribution in [-0.2, 0) is 4.84 Å². The van der Waals surface area contributed by atoms with Gasteiger partial charge in [-0.3, -0.25) is 9.63 Å². The summed E-state index contributed by atoms with van der Waals surface area (Å²) >= 11 is 1.56. The number of fused-ring (bicyclic) bond motifs is 1. The number of aromatic nitrogens is 2. The molecule has 0 radical (unpaired) electrons. The van der Waals surface area contributed by atoms with E-state index in [1.807, 2.05) is 12.3 Å². The van der Waals surface area contributed by atoms with Gasteiger partial charge in [-0.1, -0.05) is 5.16 Å². The van der Waals surface area contributed by atoms with Crippen molar-refractivity contribution in [2.24, 2.45) is 0 Å². The van der Waals surface area contributed by atoms with Crippen molar-refractivity contribution in [1.29, 1.82) is 0 Å². The molecule has 23 heavy (non-hydrogen) atoms. The van der Waals surface area contributed by atoms with Gasteiger partial charge in [0.05, 0.1) is 17.0 Å². The number of thiazole rings is 1. The Balaban J connectivity index is 1.73. The molecular weight excluding hydrogens is 314 g/mol. The average Bonchev–Trinajstić information content (AvgIpc) is 3.20. The quantitative estimate of drug-likeness (QED) is 0.720. The predicted octanol–water partition coefficient (Wildman–Crippen LogP) is 3.43. The van der Waals surface area contributed by atoms with Crippen molar-refractivity contribution in [2.75, 3.05) is 13.2 Å². The van der Waals surface area contributed by atoms with Crippen molar-refractivity contribution in [3.63, 3.8) is 0 Å². The van der Waals surface area contributed by atoms with Crippen LogP contribution < -0.4 is 0 Å². The van der Waals surface area contributed by atoms with Crippen LogP contribution in [0.1, 0.15) is 28.2 Å². The first-order valence-corrected chi connectivity index (χ1v) is 8.37. The van der Waals surface area contributed by atoms with E-state index in [9.17, 15) is 4.79 Å². The number of carbonyl (C=O) groups excluding carboxylic acids is 1. The molecular formula is C16H15N3O3S. The SMILES string of the molecule is Cc1nc(-c2noc3ccc(C(=O)N4CCCCO4)cc23)cs1. The van der Waals surface area contributed by atoms with Crippen LogP contribution in [0.4, 0.5) is 0 Å². The van der Waals surface area contributed by atoms with Crippen LogP contribution in [0.3, 0.4) is 0 Å². The van der Waals surface area contributed by atoms with Crippen LogP contribution in [0.5, 0.6) is 0 Å². The zero-order valence-corrected chi connectivity index (χ0v) is 13.4. The molecule has 7 heteroatoms. The lowest BCUT2D eigenvalue weighted by Crippen LogP contribution is -2.35. The van der Waals surface area contributed by atoms with E-state index in [1.54, 1.807) is 29.5 Å². The van der Waals surface area contributed by atoms with Crippen molar-refractivity contribution < 1.29 is 14.2 Å². The summed E-state index contributed by atoms with van der Waals surface area (Å²) in [5.74, 6) is -0.131. The maximum atomic E-state index is 12.6. The third-order valence-corrected chi connectivity index (χ3v) is 4.58. The second-order valence-corrected chi connectivity index (χ2v) is 6.50. The highest BCUT2D eigenvalue weighted by molar-refractivity contribution is 7.09. The molecule has 118 valence electrons. The fraction of sp³-hybridized carbons (Fsp3) is 0.312. The molecule has 1 aliphatic heterocycles. The number of nitrogens with zero attached hydrogens (tertiary/aromatic N) is 3. The van der Waals surface area contributed by atoms with Crippen LogP contribution in [0.2, 0.25) is 0 Å². The number of benzene rings is 1. The molecule has 0 N–H and O–H groups in total. The second-order valence-electron chi connectivity index (χ2n) is 5.44. The first-order valence-electron chi connectivity index (χ1n) is 7.49. The number of aryl methyl sites for hydroxylation is 1. The molecule has 3 heterocycles. The van der Waals surface area contributed by atoms with Gasteiger partial charge < -0.3 is 4.52 Å². The lowest BCUT2D eigenvalue weighted by atomic mass is 10.1. The largest absolute Gasteiger partial charge is 0.356 e. The first kappa shape index (κ1) is 14.3. The van der Waals surface area contributed by atoms with Crippen molar-refractivity contribution in [2.45, 2.75) is 19.8 Å². The van der Waals surface area contributed by atoms with Gasteiger partial charge in [0.2, 0.25) is 0 Å². The third kappa shape index (κ3) is 2.62. The molecule has 0 unspecified atom stereocenters. The number of hydrogen-bond donors (Lipinski definition) is 0. The van der Waals surface area contributed by atoms with Gasteiger partial charge >= 0.3 is 0 Å². The lowest BCUT2D eigenvalue weighted by Gasteiger charge is -2.25. The molecule has 2 aromatic heterocycles. The highest BCUT2D eigenvalue weighted by Crippen LogP contribution is 2.30. The Labute approximate surface area is 136 Å². The van der Waals surface area contributed by atoms with Crippen LogP contribution >= 0.6 is 11.3 Å². The van der Waals surface area contributed by atoms with Gasteiger partial charge in [0.1, 0.15) is 11.4 Å². The molecule has 0 saturated carbocycles. The van der Waals surface area contributed by atoms with Crippen molar-refractivity contribution in [3.05, 3.63) is 34.2 Å². The van der Waals surface area contributed by atoms with E-state index in [0.29, 0.717) is 30.0 Å². The number of hydroxylamine groups is 2. The van der Waals surface area contributed by atoms with E-state index in [1.165, 1.54) is 5.06 Å². The molecule has 0 spiro atoms. The smallest absolute Gasteiger partial charge is 0.277 e. The van der Waals surface area contributed by atoms with E-state index in [2.05, 4.69) is 10.1 Å². The summed E-state index contributed by atoms with van der Waals surface area (Å²) in [6.07, 6.45) is 1.95. The zero-order chi connectivity index (χ0) is 15.8. The molecule has 3 aromatic rings. The molecule has 1 fully saturated rings. The summed E-state index contributed by atoms with van der Waals surface area (Å²) in [6.45, 7) is 3.16. The number of carbonyl (C=O) groups is 1. The van der Waals surface area contributed by atoms with Crippen LogP contribution in [0.15, 0.2) is 28.1 Å². The normalized spacial score (nSPS) is 15.3. The Morgan fingerprint density at radius 2 is 2.26 bits per heavy atom. The van der Waals surface area contributed by atoms with Gasteiger partial charge in [-0.05, 0) is 38.0 Å². The highest BCUT2D eigenvalue weighted by Gasteiger charge is 2.21. The Kier molecular flexibility index (Phi) is 3.59. The molecule has 6 nitrogen and oxygen atoms in total. The summed E-state index contributed by atoms with van der Waals surface area (Å²) in [6, 6.07) is 5.31. The van der Waals surface area contributed by atoms with Crippen molar-refractivity contribution in [3.8, 4) is 11.4 Å². The third-order valence-electron chi connectivity index (χ3n) is 3.81. The minimum atomic E-state index is -0.131. The molecule has 0 aliphatic carbocycles. The average molecular weight is 329 g/mol. The van der Waals surface area contributed by atoms with E-state index < -0.39 is 0 Å². The molecule has 1 saturated heterocycles. The number of hydrogen-bond acceptors (Lipinski definition) is 6. The van der Waals surface area contributed by atoms with E-state index in [-0.39, 0.29) is 5.91 Å². The summed E-state index contributed by atoms with van der Waals surface area (Å²) in [7, 11) is 0. The van der Waals surface area contributed by atoms with Crippen LogP contribution in [0.25, 0.3) is 22.4 Å². The molecule has 1 aliphatic rings. The minimum absolute atomic E-state index is 0.131. The van der Waals surface area contributed by atoms with Gasteiger partial charge in [-0.25, -0.2) is 10.0 Å². The van der Waals surface area contributed by atoms with Gasteiger partial charge in [-0.2, -0.15) is 0 Å². The maximum Gasteiger partial charge on any atom is 0.277 e. The van der Waals surface area contributed by atoms with Crippen LogP contribution in [-0.4, -0.2) is 34.3 Å². The standard InChI is InChI=1S/C16H15N3O3S/c1-10-17-13(9-23-10)15-12-8-11(4-5-14(12)22-18-15)16(20)19-6-2-3-7-21-19/h4-5,8-9H,2-3,6-7H2,1H3. The first-order chi connectivity index (χ1) is 11.2. The predicted molar refractivity (Wildman–Crippen MR) is 86.1 cm³/mol. The van der Waals surface area contributed by atoms with Crippen LogP contribution in [0, 0.1) is 6.92 Å². The lowest BCUT2D eigenvalue weighted by molar-refractivity contribution is -0.144. The Bertz CT molecular complexity index is 864. The van der Waals surface area contributed by atoms with Gasteiger partial charge in [0, 0.05) is 17.5 Å². The zero-order valence-electron chi connectivity index (χ0n) is 12.6. The summed E-state index contributed by atoms with van der Waals surface area (Å²) in [5, 5.41) is 9.23. The molecule has 0 atom stereocenters. The highest BCUT2D eigenvalue weighted by atomic mass is 32.1. The van der Waals surface area contributed by atoms with Gasteiger partial charge in [0.25, 0.3) is 5.91 Å². The summed E-state index contributed by atoms with van der Waals surface area (Å²) < 4.78 is 5.35. The van der Waals surface area contributed by atoms with Gasteiger partial charge in [0.15, 0.2) is 5.58 Å². The summed E-state index contributed by atoms with van der Waals surface area (Å²) in [4.78, 5) is 22.4. The minimum Gasteiger partial charge on any atom is -0.356 e. The summed E-state index contributed by atoms with van der Waals surface area (Å²) in [5.41, 5.74) is 2.64. The van der Waals surface area contributed by atoms with Crippen molar-refractivity contribution in [1.82, 2.24) is 15.2 Å². The van der Waals surface area contributed by atoms with E-state index in [4.69, 9.17) is 9.36 Å². The monoisotopic (exact) mass is 329 g/mol. The van der Waals surface area contributed by atoms with Gasteiger partial charge in [-0.15, -0.1) is 11.3 Å². The van der Waals surface area contributed by atoms with Crippen molar-refractivity contribution >= 4 is 28.2 Å². The fourth-order valence-corrected chi connectivity index (χ4v) is 3.23. The number of rotatable bonds is 2. The maximum absolute atomic E-state index is 12.6. The van der Waals surface area contributed by atoms with E-state index in [0.717, 1.165) is 28.9 Å². The molecule has 1 amide bonds. The topological polar surface area (TPSA) is 68.5 Å². The Hall–Kier alpha value is -2.25. The Morgan fingerprint density at radius 1 is 1.35 bits per heavy atom. The molecule has 0 bridgehead atoms.